The summed E-state index contributed by atoms with van der Waals surface area (Å²) in [6.45, 7) is 2.21. The zero-order chi connectivity index (χ0) is 14.2. The number of imidazole rings is 1. The molecule has 0 bridgehead atoms. The van der Waals surface area contributed by atoms with Crippen molar-refractivity contribution in [3.63, 3.8) is 0 Å². The van der Waals surface area contributed by atoms with Gasteiger partial charge in [-0.1, -0.05) is 38.7 Å². The molecule has 3 atom stereocenters. The number of fused-ring (bicyclic) bond motifs is 2. The predicted octanol–water partition coefficient (Wildman–Crippen LogP) is 5.20. The van der Waals surface area contributed by atoms with Gasteiger partial charge in [0.25, 0.3) is 0 Å². The lowest BCUT2D eigenvalue weighted by atomic mass is 9.67. The minimum Gasteiger partial charge on any atom is -0.342 e. The van der Waals surface area contributed by atoms with Crippen LogP contribution in [0.3, 0.4) is 0 Å². The van der Waals surface area contributed by atoms with Gasteiger partial charge in [0.15, 0.2) is 0 Å². The van der Waals surface area contributed by atoms with Crippen molar-refractivity contribution in [2.75, 3.05) is 0 Å². The molecule has 2 saturated carbocycles. The Morgan fingerprint density at radius 3 is 2.81 bits per heavy atom. The molecule has 1 aromatic carbocycles. The minimum atomic E-state index is 0.668. The van der Waals surface area contributed by atoms with Crippen LogP contribution >= 0.6 is 0 Å². The number of aryl methyl sites for hydroxylation is 1. The molecule has 4 rings (SSSR count). The van der Waals surface area contributed by atoms with Crippen LogP contribution in [-0.4, -0.2) is 9.97 Å². The van der Waals surface area contributed by atoms with Gasteiger partial charge in [0.1, 0.15) is 5.82 Å². The zero-order valence-electron chi connectivity index (χ0n) is 13.1. The van der Waals surface area contributed by atoms with Crippen LogP contribution in [0.25, 0.3) is 11.0 Å². The fourth-order valence-electron chi connectivity index (χ4n) is 4.61. The number of aromatic nitrogens is 2. The fourth-order valence-corrected chi connectivity index (χ4v) is 4.61. The second-order valence-corrected chi connectivity index (χ2v) is 7.14. The molecule has 2 fully saturated rings. The van der Waals surface area contributed by atoms with E-state index in [4.69, 9.17) is 4.98 Å². The molecule has 2 nitrogen and oxygen atoms in total. The second-order valence-electron chi connectivity index (χ2n) is 7.14. The van der Waals surface area contributed by atoms with Gasteiger partial charge in [-0.05, 0) is 55.2 Å². The molecular formula is C19H26N2. The third kappa shape index (κ3) is 2.49. The molecule has 1 heterocycles. The highest BCUT2D eigenvalue weighted by atomic mass is 14.9. The van der Waals surface area contributed by atoms with Crippen LogP contribution in [0.5, 0.6) is 0 Å². The number of nitrogens with zero attached hydrogens (tertiary/aromatic N) is 1. The van der Waals surface area contributed by atoms with E-state index in [0.29, 0.717) is 5.92 Å². The number of hydrogen-bond acceptors (Lipinski definition) is 1. The highest BCUT2D eigenvalue weighted by Crippen LogP contribution is 2.45. The summed E-state index contributed by atoms with van der Waals surface area (Å²) in [4.78, 5) is 8.52. The monoisotopic (exact) mass is 282 g/mol. The third-order valence-corrected chi connectivity index (χ3v) is 5.90. The Morgan fingerprint density at radius 1 is 1.10 bits per heavy atom. The van der Waals surface area contributed by atoms with Crippen LogP contribution < -0.4 is 0 Å². The highest BCUT2D eigenvalue weighted by molar-refractivity contribution is 5.76. The highest BCUT2D eigenvalue weighted by Gasteiger charge is 2.33. The maximum Gasteiger partial charge on any atom is 0.110 e. The van der Waals surface area contributed by atoms with E-state index in [2.05, 4.69) is 30.1 Å². The van der Waals surface area contributed by atoms with Gasteiger partial charge >= 0.3 is 0 Å². The molecule has 0 amide bonds. The summed E-state index contributed by atoms with van der Waals surface area (Å²) in [5.41, 5.74) is 3.77. The molecule has 1 aromatic heterocycles. The number of hydrogen-bond donors (Lipinski definition) is 1. The van der Waals surface area contributed by atoms with Gasteiger partial charge in [-0.3, -0.25) is 0 Å². The van der Waals surface area contributed by atoms with Crippen LogP contribution in [0.15, 0.2) is 18.2 Å². The van der Waals surface area contributed by atoms with E-state index in [9.17, 15) is 0 Å². The molecule has 1 N–H and O–H groups in total. The smallest absolute Gasteiger partial charge is 0.110 e. The first-order valence-corrected chi connectivity index (χ1v) is 8.82. The maximum absolute atomic E-state index is 4.89. The Kier molecular flexibility index (Phi) is 3.48. The molecule has 3 unspecified atom stereocenters. The van der Waals surface area contributed by atoms with Gasteiger partial charge in [-0.25, -0.2) is 4.98 Å². The number of nitrogens with one attached hydrogen (secondary N) is 1. The molecule has 112 valence electrons. The second kappa shape index (κ2) is 5.47. The van der Waals surface area contributed by atoms with Crippen molar-refractivity contribution in [3.8, 4) is 0 Å². The molecule has 2 aromatic rings. The van der Waals surface area contributed by atoms with Crippen LogP contribution in [0.4, 0.5) is 0 Å². The summed E-state index contributed by atoms with van der Waals surface area (Å²) in [7, 11) is 0. The predicted molar refractivity (Wildman–Crippen MR) is 87.5 cm³/mol. The molecule has 0 saturated heterocycles. The van der Waals surface area contributed by atoms with E-state index in [-0.39, 0.29) is 0 Å². The van der Waals surface area contributed by atoms with Crippen LogP contribution in [-0.2, 0) is 6.42 Å². The van der Waals surface area contributed by atoms with Crippen molar-refractivity contribution in [1.82, 2.24) is 9.97 Å². The zero-order valence-corrected chi connectivity index (χ0v) is 13.1. The van der Waals surface area contributed by atoms with Crippen molar-refractivity contribution in [2.24, 2.45) is 11.8 Å². The number of H-pyrrole nitrogens is 1. The van der Waals surface area contributed by atoms with Crippen LogP contribution in [0, 0.1) is 11.8 Å². The first-order chi connectivity index (χ1) is 10.3. The van der Waals surface area contributed by atoms with Gasteiger partial charge in [0.2, 0.25) is 0 Å². The molecule has 21 heavy (non-hydrogen) atoms. The standard InChI is InChI=1S/C19H26N2/c1-2-13-7-10-17-18(11-13)21-19(20-17)16-9-8-14-5-3-4-6-15(14)12-16/h7,10-11,14-16H,2-6,8-9,12H2,1H3,(H,20,21). The molecule has 2 heteroatoms. The van der Waals surface area contributed by atoms with E-state index >= 15 is 0 Å². The van der Waals surface area contributed by atoms with Gasteiger partial charge in [-0.15, -0.1) is 0 Å². The number of rotatable bonds is 2. The largest absolute Gasteiger partial charge is 0.342 e. The quantitative estimate of drug-likeness (QED) is 0.805. The van der Waals surface area contributed by atoms with E-state index in [1.54, 1.807) is 0 Å². The average Bonchev–Trinajstić information content (AvgIpc) is 2.97. The molecular weight excluding hydrogens is 256 g/mol. The van der Waals surface area contributed by atoms with Crippen molar-refractivity contribution in [3.05, 3.63) is 29.6 Å². The summed E-state index contributed by atoms with van der Waals surface area (Å²) in [6, 6.07) is 6.67. The normalized spacial score (nSPS) is 29.5. The topological polar surface area (TPSA) is 28.7 Å². The molecule has 0 spiro atoms. The molecule has 2 aliphatic rings. The molecule has 0 aliphatic heterocycles. The minimum absolute atomic E-state index is 0.668. The molecule has 2 aliphatic carbocycles. The number of benzene rings is 1. The van der Waals surface area contributed by atoms with E-state index < -0.39 is 0 Å². The van der Waals surface area contributed by atoms with Crippen molar-refractivity contribution < 1.29 is 0 Å². The lowest BCUT2D eigenvalue weighted by molar-refractivity contribution is 0.153. The van der Waals surface area contributed by atoms with Gasteiger partial charge in [-0.2, -0.15) is 0 Å². The van der Waals surface area contributed by atoms with Crippen molar-refractivity contribution >= 4 is 11.0 Å². The summed E-state index contributed by atoms with van der Waals surface area (Å²) in [5, 5.41) is 0. The molecule has 0 radical (unpaired) electrons. The Balaban J connectivity index is 1.58. The van der Waals surface area contributed by atoms with Gasteiger partial charge < -0.3 is 4.98 Å². The lowest BCUT2D eigenvalue weighted by Gasteiger charge is -2.38. The van der Waals surface area contributed by atoms with E-state index in [1.807, 2.05) is 0 Å². The van der Waals surface area contributed by atoms with Crippen LogP contribution in [0.2, 0.25) is 0 Å². The van der Waals surface area contributed by atoms with E-state index in [1.165, 1.54) is 61.9 Å². The average molecular weight is 282 g/mol. The maximum atomic E-state index is 4.89. The summed E-state index contributed by atoms with van der Waals surface area (Å²) in [5.74, 6) is 3.91. The SMILES string of the molecule is CCc1ccc2nc(C3CCC4CCCCC4C3)[nH]c2c1. The summed E-state index contributed by atoms with van der Waals surface area (Å²) < 4.78 is 0. The first-order valence-electron chi connectivity index (χ1n) is 8.82. The Labute approximate surface area is 127 Å². The summed E-state index contributed by atoms with van der Waals surface area (Å²) in [6.07, 6.45) is 11.1. The van der Waals surface area contributed by atoms with Gasteiger partial charge in [0, 0.05) is 5.92 Å². The first kappa shape index (κ1) is 13.4. The summed E-state index contributed by atoms with van der Waals surface area (Å²) >= 11 is 0. The Morgan fingerprint density at radius 2 is 1.95 bits per heavy atom. The van der Waals surface area contributed by atoms with Gasteiger partial charge in [0.05, 0.1) is 11.0 Å². The Hall–Kier alpha value is -1.31. The van der Waals surface area contributed by atoms with Crippen molar-refractivity contribution in [2.45, 2.75) is 64.2 Å². The Bertz CT molecular complexity index is 628. The number of aromatic amines is 1. The van der Waals surface area contributed by atoms with E-state index in [0.717, 1.165) is 23.8 Å². The third-order valence-electron chi connectivity index (χ3n) is 5.90. The van der Waals surface area contributed by atoms with Crippen molar-refractivity contribution in [1.29, 1.82) is 0 Å². The fraction of sp³-hybridized carbons (Fsp3) is 0.632. The lowest BCUT2D eigenvalue weighted by Crippen LogP contribution is -2.27. The van der Waals surface area contributed by atoms with Crippen LogP contribution in [0.1, 0.15) is 69.2 Å².